The van der Waals surface area contributed by atoms with E-state index in [0.29, 0.717) is 0 Å². The van der Waals surface area contributed by atoms with E-state index < -0.39 is 53.8 Å². The van der Waals surface area contributed by atoms with Gasteiger partial charge in [0.05, 0.1) is 1.37 Å². The fraction of sp³-hybridized carbons (Fsp3) is 0.583. The van der Waals surface area contributed by atoms with Crippen LogP contribution in [-0.4, -0.2) is 56.4 Å². The molecule has 2 heterocycles. The van der Waals surface area contributed by atoms with Crippen LogP contribution in [0.1, 0.15) is 21.4 Å². The van der Waals surface area contributed by atoms with Crippen molar-refractivity contribution in [2.45, 2.75) is 38.4 Å². The Balaban J connectivity index is 2.37. The number of ether oxygens (including phenoxy) is 3. The normalized spacial score (nSPS) is 30.6. The van der Waals surface area contributed by atoms with Crippen LogP contribution in [0, 0.1) is 10.1 Å². The zero-order chi connectivity index (χ0) is 18.1. The zero-order valence-electron chi connectivity index (χ0n) is 13.2. The van der Waals surface area contributed by atoms with Gasteiger partial charge < -0.3 is 29.4 Å². The maximum atomic E-state index is 11.3. The molecular weight excluding hydrogens is 314 g/mol. The number of rotatable bonds is 5. The minimum Gasteiger partial charge on any atom is -0.463 e. The lowest BCUT2D eigenvalue weighted by molar-refractivity contribution is -0.394. The van der Waals surface area contributed by atoms with E-state index in [2.05, 4.69) is 4.98 Å². The first kappa shape index (κ1) is 15.4. The van der Waals surface area contributed by atoms with Crippen LogP contribution in [0.3, 0.4) is 0 Å². The van der Waals surface area contributed by atoms with Crippen LogP contribution in [-0.2, 0) is 23.8 Å². The van der Waals surface area contributed by atoms with E-state index in [1.54, 1.807) is 0 Å². The molecule has 1 N–H and O–H groups in total. The lowest BCUT2D eigenvalue weighted by atomic mass is 10.1. The summed E-state index contributed by atoms with van der Waals surface area (Å²) in [5, 5.41) is 21.4. The molecule has 1 saturated heterocycles. The molecule has 0 bridgehead atoms. The minimum absolute atomic E-state index is 0.485. The van der Waals surface area contributed by atoms with E-state index in [0.717, 1.165) is 30.9 Å². The Morgan fingerprint density at radius 2 is 2.26 bits per heavy atom. The molecule has 23 heavy (non-hydrogen) atoms. The van der Waals surface area contributed by atoms with Crippen molar-refractivity contribution >= 4 is 17.8 Å². The van der Waals surface area contributed by atoms with Crippen molar-refractivity contribution in [1.82, 2.24) is 9.55 Å². The number of nitrogens with zero attached hydrogens (tertiary/aromatic N) is 3. The van der Waals surface area contributed by atoms with Crippen molar-refractivity contribution in [3.05, 3.63) is 22.6 Å². The molecule has 11 heteroatoms. The van der Waals surface area contributed by atoms with E-state index in [1.165, 1.54) is 0 Å². The summed E-state index contributed by atoms with van der Waals surface area (Å²) in [5.74, 6) is -1.98. The molecule has 0 saturated carbocycles. The van der Waals surface area contributed by atoms with Gasteiger partial charge in [-0.2, -0.15) is 4.57 Å². The molecule has 0 spiro atoms. The van der Waals surface area contributed by atoms with Gasteiger partial charge in [-0.15, -0.1) is 0 Å². The number of esters is 2. The largest absolute Gasteiger partial charge is 0.463 e. The average molecular weight is 330 g/mol. The van der Waals surface area contributed by atoms with Crippen LogP contribution in [0.2, 0.25) is 0 Å². The van der Waals surface area contributed by atoms with Crippen molar-refractivity contribution < 1.29 is 35.2 Å². The second-order valence-corrected chi connectivity index (χ2v) is 4.69. The summed E-state index contributed by atoms with van der Waals surface area (Å²) in [6.45, 7) is 1.68. The third kappa shape index (κ3) is 3.63. The van der Waals surface area contributed by atoms with E-state index in [9.17, 15) is 24.8 Å². The number of aliphatic hydroxyl groups is 1. The van der Waals surface area contributed by atoms with Crippen LogP contribution in [0.25, 0.3) is 0 Å². The molecular formula is C12H15N3O8. The maximum Gasteiger partial charge on any atom is 0.344 e. The minimum atomic E-state index is -2.50. The quantitative estimate of drug-likeness (QED) is 0.431. The van der Waals surface area contributed by atoms with E-state index >= 15 is 0 Å². The van der Waals surface area contributed by atoms with E-state index in [1.807, 2.05) is 0 Å². The molecule has 0 unspecified atom stereocenters. The summed E-state index contributed by atoms with van der Waals surface area (Å²) < 4.78 is 24.0. The fourth-order valence-corrected chi connectivity index (χ4v) is 2.10. The Hall–Kier alpha value is -2.53. The molecule has 1 fully saturated rings. The molecule has 126 valence electrons. The highest BCUT2D eigenvalue weighted by molar-refractivity contribution is 5.66. The number of aromatic nitrogens is 2. The highest BCUT2D eigenvalue weighted by Crippen LogP contribution is 2.34. The van der Waals surface area contributed by atoms with Gasteiger partial charge in [-0.1, -0.05) is 0 Å². The molecule has 11 nitrogen and oxygen atoms in total. The maximum absolute atomic E-state index is 11.3. The van der Waals surface area contributed by atoms with Gasteiger partial charge in [-0.25, -0.2) is 4.98 Å². The van der Waals surface area contributed by atoms with Crippen LogP contribution < -0.4 is 0 Å². The summed E-state index contributed by atoms with van der Waals surface area (Å²) >= 11 is 0. The molecule has 4 atom stereocenters. The molecule has 0 radical (unpaired) electrons. The first-order valence-electron chi connectivity index (χ1n) is 6.99. The third-order valence-electron chi connectivity index (χ3n) is 3.02. The van der Waals surface area contributed by atoms with Crippen molar-refractivity contribution in [2.75, 3.05) is 6.61 Å². The molecule has 1 aromatic rings. The molecule has 2 rings (SSSR count). The van der Waals surface area contributed by atoms with Crippen LogP contribution in [0.4, 0.5) is 5.82 Å². The molecule has 1 aliphatic rings. The summed E-state index contributed by atoms with van der Waals surface area (Å²) in [5.41, 5.74) is 0. The first-order valence-corrected chi connectivity index (χ1v) is 6.49. The summed E-state index contributed by atoms with van der Waals surface area (Å²) in [4.78, 5) is 36.1. The lowest BCUT2D eigenvalue weighted by Gasteiger charge is -2.18. The predicted octanol–water partition coefficient (Wildman–Crippen LogP) is -0.456. The number of hydrogen-bond acceptors (Lipinski definition) is 9. The van der Waals surface area contributed by atoms with E-state index in [4.69, 9.17) is 15.6 Å². The van der Waals surface area contributed by atoms with E-state index in [-0.39, 0.29) is 0 Å². The topological polar surface area (TPSA) is 143 Å². The first-order chi connectivity index (χ1) is 11.1. The number of hydrogen-bond donors (Lipinski definition) is 1. The Bertz CT molecular complexity index is 660. The van der Waals surface area contributed by atoms with Crippen molar-refractivity contribution in [2.24, 2.45) is 0 Å². The zero-order valence-corrected chi connectivity index (χ0v) is 12.2. The molecule has 0 amide bonds. The number of carbonyl (C=O) groups excluding carboxylic acids is 2. The highest BCUT2D eigenvalue weighted by atomic mass is 16.6. The van der Waals surface area contributed by atoms with Gasteiger partial charge in [0.1, 0.15) is 25.0 Å². The summed E-state index contributed by atoms with van der Waals surface area (Å²) in [7, 11) is 0. The number of imidazole rings is 1. The fourth-order valence-electron chi connectivity index (χ4n) is 2.10. The SMILES string of the molecule is [2H][C@@]1(O)[C@@H](COC(C)=O)O[C@@H](n2cncc2[N+](=O)[O-])[C@@H]1OC(C)=O. The van der Waals surface area contributed by atoms with Gasteiger partial charge in [-0.05, 0) is 4.92 Å². The Morgan fingerprint density at radius 1 is 1.57 bits per heavy atom. The van der Waals surface area contributed by atoms with Crippen LogP contribution in [0.5, 0.6) is 0 Å². The van der Waals surface area contributed by atoms with Crippen molar-refractivity contribution in [3.63, 3.8) is 0 Å². The molecule has 0 aromatic carbocycles. The van der Waals surface area contributed by atoms with Gasteiger partial charge in [0, 0.05) is 13.8 Å². The smallest absolute Gasteiger partial charge is 0.344 e. The van der Waals surface area contributed by atoms with Gasteiger partial charge in [0.15, 0.2) is 12.4 Å². The van der Waals surface area contributed by atoms with Crippen LogP contribution in [0.15, 0.2) is 12.5 Å². The second-order valence-electron chi connectivity index (χ2n) is 4.69. The summed E-state index contributed by atoms with van der Waals surface area (Å²) in [6, 6.07) is 0. The van der Waals surface area contributed by atoms with Gasteiger partial charge in [0.2, 0.25) is 6.23 Å². The number of carbonyl (C=O) groups is 2. The lowest BCUT2D eigenvalue weighted by Crippen LogP contribution is -2.37. The number of nitro groups is 1. The van der Waals surface area contributed by atoms with Gasteiger partial charge in [0.25, 0.3) is 0 Å². The van der Waals surface area contributed by atoms with Crippen molar-refractivity contribution in [1.29, 1.82) is 0 Å². The van der Waals surface area contributed by atoms with Gasteiger partial charge >= 0.3 is 17.8 Å². The molecule has 0 aliphatic carbocycles. The highest BCUT2D eigenvalue weighted by Gasteiger charge is 2.51. The van der Waals surface area contributed by atoms with Gasteiger partial charge in [-0.3, -0.25) is 9.59 Å². The molecule has 1 aromatic heterocycles. The Labute approximate surface area is 131 Å². The standard InChI is InChI=1S/C12H15N3O8/c1-6(16)21-4-8-10(18)11(22-7(2)17)12(23-8)14-5-13-3-9(14)15(19)20/h3,5,8,10-12,18H,4H2,1-2H3/t8-,10-,11-,12-/m1/s1/i10D. The molecule has 1 aliphatic heterocycles. The Kier molecular flexibility index (Phi) is 4.48. The summed E-state index contributed by atoms with van der Waals surface area (Å²) in [6.07, 6.45) is -4.88. The third-order valence-corrected chi connectivity index (χ3v) is 3.02. The Morgan fingerprint density at radius 3 is 2.83 bits per heavy atom. The monoisotopic (exact) mass is 330 g/mol. The van der Waals surface area contributed by atoms with Crippen molar-refractivity contribution in [3.8, 4) is 0 Å². The second kappa shape index (κ2) is 6.71. The predicted molar refractivity (Wildman–Crippen MR) is 71.0 cm³/mol. The average Bonchev–Trinajstić information content (AvgIpc) is 3.01. The van der Waals surface area contributed by atoms with Crippen LogP contribution >= 0.6 is 0 Å².